The van der Waals surface area contributed by atoms with Crippen LogP contribution in [0.2, 0.25) is 0 Å². The van der Waals surface area contributed by atoms with Crippen LogP contribution < -0.4 is 0 Å². The smallest absolute Gasteiger partial charge is 0.0577 e. The number of aliphatic hydroxyl groups excluding tert-OH is 1. The SMILES string of the molecule is C[C@H](CCc1ccns1)[C@H]1CC[C@H]2[C@@H]3CC=C4C[C@@H](O)CC[C@]4(C)[C@H]3CC[C@]12C. The molecule has 0 spiro atoms. The summed E-state index contributed by atoms with van der Waals surface area (Å²) in [5.74, 6) is 4.38. The highest BCUT2D eigenvalue weighted by Crippen LogP contribution is 2.67. The molecule has 3 heteroatoms. The second-order valence-electron chi connectivity index (χ2n) is 11.4. The highest BCUT2D eigenvalue weighted by molar-refractivity contribution is 7.05. The number of nitrogens with zero attached hydrogens (tertiary/aromatic N) is 1. The second kappa shape index (κ2) is 7.48. The van der Waals surface area contributed by atoms with Gasteiger partial charge in [-0.3, -0.25) is 0 Å². The third-order valence-corrected chi connectivity index (χ3v) is 11.0. The van der Waals surface area contributed by atoms with Crippen LogP contribution in [0, 0.1) is 40.4 Å². The second-order valence-corrected chi connectivity index (χ2v) is 12.3. The van der Waals surface area contributed by atoms with Crippen molar-refractivity contribution in [3.8, 4) is 0 Å². The first-order valence-electron chi connectivity index (χ1n) is 12.2. The minimum Gasteiger partial charge on any atom is -0.393 e. The summed E-state index contributed by atoms with van der Waals surface area (Å²) in [6.45, 7) is 7.75. The maximum absolute atomic E-state index is 10.2. The largest absolute Gasteiger partial charge is 0.393 e. The van der Waals surface area contributed by atoms with Crippen LogP contribution in [0.5, 0.6) is 0 Å². The summed E-state index contributed by atoms with van der Waals surface area (Å²) in [6, 6.07) is 2.20. The number of aromatic nitrogens is 1. The van der Waals surface area contributed by atoms with Crippen molar-refractivity contribution < 1.29 is 5.11 Å². The van der Waals surface area contributed by atoms with Crippen LogP contribution in [0.3, 0.4) is 0 Å². The van der Waals surface area contributed by atoms with Crippen LogP contribution in [0.25, 0.3) is 0 Å². The van der Waals surface area contributed by atoms with Crippen LogP contribution in [-0.2, 0) is 6.42 Å². The predicted molar refractivity (Wildman–Crippen MR) is 121 cm³/mol. The summed E-state index contributed by atoms with van der Waals surface area (Å²) in [4.78, 5) is 1.46. The molecule has 0 amide bonds. The lowest BCUT2D eigenvalue weighted by Crippen LogP contribution is -2.50. The number of aryl methyl sites for hydroxylation is 1. The van der Waals surface area contributed by atoms with Gasteiger partial charge in [0, 0.05) is 11.1 Å². The molecule has 0 aromatic carbocycles. The van der Waals surface area contributed by atoms with E-state index in [2.05, 4.69) is 37.3 Å². The van der Waals surface area contributed by atoms with Crippen molar-refractivity contribution >= 4 is 11.5 Å². The van der Waals surface area contributed by atoms with Gasteiger partial charge < -0.3 is 5.11 Å². The lowest BCUT2D eigenvalue weighted by molar-refractivity contribution is -0.0571. The molecule has 160 valence electrons. The van der Waals surface area contributed by atoms with Crippen molar-refractivity contribution in [1.82, 2.24) is 4.37 Å². The summed E-state index contributed by atoms with van der Waals surface area (Å²) in [5, 5.41) is 10.2. The predicted octanol–water partition coefficient (Wildman–Crippen LogP) is 6.65. The minimum absolute atomic E-state index is 0.0880. The number of hydrogen-bond acceptors (Lipinski definition) is 3. The Bertz CT molecular complexity index is 757. The molecule has 4 aliphatic carbocycles. The van der Waals surface area contributed by atoms with Gasteiger partial charge in [0.2, 0.25) is 0 Å². The van der Waals surface area contributed by atoms with Crippen molar-refractivity contribution in [2.24, 2.45) is 40.4 Å². The highest BCUT2D eigenvalue weighted by Gasteiger charge is 2.59. The average molecular weight is 414 g/mol. The molecule has 0 bridgehead atoms. The van der Waals surface area contributed by atoms with Crippen LogP contribution in [0.4, 0.5) is 0 Å². The number of aliphatic hydroxyl groups is 1. The molecule has 0 unspecified atom stereocenters. The molecule has 1 heterocycles. The van der Waals surface area contributed by atoms with E-state index in [-0.39, 0.29) is 6.10 Å². The first-order valence-corrected chi connectivity index (χ1v) is 13.0. The molecule has 0 radical (unpaired) electrons. The first-order chi connectivity index (χ1) is 13.9. The standard InChI is InChI=1S/C26H39NOS/c1-17(4-6-20-12-15-27-29-20)22-8-9-23-21-7-5-18-16-19(28)10-13-25(18,2)24(21)11-14-26(22,23)3/h5,12,15,17,19,21-24,28H,4,6-11,13-14,16H2,1-3H3/t17-,19+,21+,22-,23+,24+,25+,26-/m1/s1. The Hall–Kier alpha value is -0.670. The zero-order chi connectivity index (χ0) is 20.2. The van der Waals surface area contributed by atoms with E-state index < -0.39 is 0 Å². The normalized spacial score (nSPS) is 45.1. The maximum atomic E-state index is 10.2. The fourth-order valence-corrected chi connectivity index (χ4v) is 9.15. The van der Waals surface area contributed by atoms with Crippen molar-refractivity contribution in [3.63, 3.8) is 0 Å². The minimum atomic E-state index is -0.0880. The number of rotatable bonds is 4. The Balaban J connectivity index is 1.33. The Labute approximate surface area is 181 Å². The lowest BCUT2D eigenvalue weighted by atomic mass is 9.47. The Kier molecular flexibility index (Phi) is 5.22. The van der Waals surface area contributed by atoms with Crippen LogP contribution in [0.15, 0.2) is 23.9 Å². The monoisotopic (exact) mass is 413 g/mol. The fourth-order valence-electron chi connectivity index (χ4n) is 8.56. The van der Waals surface area contributed by atoms with E-state index in [1.807, 2.05) is 6.20 Å². The summed E-state index contributed by atoms with van der Waals surface area (Å²) >= 11 is 1.68. The fraction of sp³-hybridized carbons (Fsp3) is 0.808. The van der Waals surface area contributed by atoms with E-state index in [1.165, 1.54) is 56.2 Å². The Morgan fingerprint density at radius 1 is 1.17 bits per heavy atom. The summed E-state index contributed by atoms with van der Waals surface area (Å²) < 4.78 is 4.29. The van der Waals surface area contributed by atoms with Gasteiger partial charge in [0.05, 0.1) is 6.10 Å². The molecule has 3 saturated carbocycles. The molecule has 1 aromatic heterocycles. The van der Waals surface area contributed by atoms with E-state index >= 15 is 0 Å². The number of hydrogen-bond donors (Lipinski definition) is 1. The van der Waals surface area contributed by atoms with Gasteiger partial charge in [-0.1, -0.05) is 32.4 Å². The van der Waals surface area contributed by atoms with Gasteiger partial charge in [-0.2, -0.15) is 0 Å². The molecule has 5 rings (SSSR count). The molecule has 4 aliphatic rings. The topological polar surface area (TPSA) is 33.1 Å². The lowest BCUT2D eigenvalue weighted by Gasteiger charge is -2.58. The number of allylic oxidation sites excluding steroid dienone is 1. The van der Waals surface area contributed by atoms with Crippen molar-refractivity contribution in [2.45, 2.75) is 91.1 Å². The molecule has 1 aromatic rings. The third-order valence-electron chi connectivity index (χ3n) is 10.2. The Morgan fingerprint density at radius 2 is 2.03 bits per heavy atom. The van der Waals surface area contributed by atoms with E-state index in [4.69, 9.17) is 0 Å². The number of fused-ring (bicyclic) bond motifs is 5. The maximum Gasteiger partial charge on any atom is 0.0577 e. The summed E-state index contributed by atoms with van der Waals surface area (Å²) in [5.41, 5.74) is 2.53. The molecule has 2 nitrogen and oxygen atoms in total. The molecular formula is C26H39NOS. The molecule has 0 saturated heterocycles. The average Bonchev–Trinajstić information content (AvgIpc) is 3.34. The van der Waals surface area contributed by atoms with Crippen LogP contribution >= 0.6 is 11.5 Å². The zero-order valence-electron chi connectivity index (χ0n) is 18.6. The first kappa shape index (κ1) is 20.2. The third kappa shape index (κ3) is 3.26. The van der Waals surface area contributed by atoms with Crippen molar-refractivity contribution in [3.05, 3.63) is 28.8 Å². The Morgan fingerprint density at radius 3 is 2.83 bits per heavy atom. The molecular weight excluding hydrogens is 374 g/mol. The molecule has 1 N–H and O–H groups in total. The van der Waals surface area contributed by atoms with Gasteiger partial charge in [0.1, 0.15) is 0 Å². The molecule has 3 fully saturated rings. The molecule has 0 aliphatic heterocycles. The highest BCUT2D eigenvalue weighted by atomic mass is 32.1. The van der Waals surface area contributed by atoms with Gasteiger partial charge in [-0.25, -0.2) is 4.37 Å². The van der Waals surface area contributed by atoms with Crippen molar-refractivity contribution in [1.29, 1.82) is 0 Å². The van der Waals surface area contributed by atoms with Crippen LogP contribution in [-0.4, -0.2) is 15.6 Å². The molecule has 8 atom stereocenters. The van der Waals surface area contributed by atoms with E-state index in [0.29, 0.717) is 10.8 Å². The van der Waals surface area contributed by atoms with Gasteiger partial charge in [-0.15, -0.1) is 0 Å². The summed E-state index contributed by atoms with van der Waals surface area (Å²) in [6.07, 6.45) is 17.2. The zero-order valence-corrected chi connectivity index (χ0v) is 19.4. The van der Waals surface area contributed by atoms with E-state index in [0.717, 1.165) is 42.4 Å². The van der Waals surface area contributed by atoms with E-state index in [9.17, 15) is 5.11 Å². The molecule has 29 heavy (non-hydrogen) atoms. The summed E-state index contributed by atoms with van der Waals surface area (Å²) in [7, 11) is 0. The van der Waals surface area contributed by atoms with Crippen molar-refractivity contribution in [2.75, 3.05) is 0 Å². The quantitative estimate of drug-likeness (QED) is 0.560. The van der Waals surface area contributed by atoms with Gasteiger partial charge >= 0.3 is 0 Å². The van der Waals surface area contributed by atoms with Gasteiger partial charge in [-0.05, 0) is 122 Å². The van der Waals surface area contributed by atoms with E-state index in [1.54, 1.807) is 17.1 Å². The van der Waals surface area contributed by atoms with Gasteiger partial charge in [0.25, 0.3) is 0 Å². The van der Waals surface area contributed by atoms with Gasteiger partial charge in [0.15, 0.2) is 0 Å². The van der Waals surface area contributed by atoms with Crippen LogP contribution in [0.1, 0.15) is 83.4 Å².